The zero-order valence-electron chi connectivity index (χ0n) is 43.2. The van der Waals surface area contributed by atoms with Crippen molar-refractivity contribution in [1.82, 2.24) is 0 Å². The largest absolute Gasteiger partial charge is 0.184 e. The van der Waals surface area contributed by atoms with Crippen LogP contribution in [0.4, 0.5) is 0 Å². The summed E-state index contributed by atoms with van der Waals surface area (Å²) in [7, 11) is 10.7. The van der Waals surface area contributed by atoms with E-state index in [1.807, 2.05) is 6.07 Å². The van der Waals surface area contributed by atoms with Crippen molar-refractivity contribution >= 4 is 58.5 Å². The van der Waals surface area contributed by atoms with Gasteiger partial charge in [-0.2, -0.15) is 29.5 Å². The maximum atomic E-state index is 4.93. The summed E-state index contributed by atoms with van der Waals surface area (Å²) in [5, 5.41) is 8.06. The first kappa shape index (κ1) is 52.5. The minimum Gasteiger partial charge on any atom is -0.184 e. The molecule has 0 aliphatic carbocycles. The molecule has 1 heterocycles. The second kappa shape index (κ2) is 24.8. The molecule has 0 fully saturated rings. The fourth-order valence-electron chi connectivity index (χ4n) is 10.6. The fraction of sp³-hybridized carbons (Fsp3) is 0.0833. The van der Waals surface area contributed by atoms with Gasteiger partial charge in [0.2, 0.25) is 0 Å². The summed E-state index contributed by atoms with van der Waals surface area (Å²) in [5.74, 6) is 0.923. The predicted octanol–water partition coefficient (Wildman–Crippen LogP) is 19.9. The maximum Gasteiger partial charge on any atom is 0.0920 e. The first-order valence-corrected chi connectivity index (χ1v) is 33.3. The Morgan fingerprint density at radius 3 is 1.18 bits per heavy atom. The molecular formula is C72H57Cl2SiZr-3. The van der Waals surface area contributed by atoms with Crippen LogP contribution in [0.1, 0.15) is 50.7 Å². The van der Waals surface area contributed by atoms with Crippen molar-refractivity contribution in [3.8, 4) is 77.9 Å². The van der Waals surface area contributed by atoms with E-state index in [9.17, 15) is 0 Å². The molecule has 0 nitrogen and oxygen atoms in total. The van der Waals surface area contributed by atoms with Crippen LogP contribution in [0.15, 0.2) is 261 Å². The average molecular weight is 1110 g/mol. The zero-order chi connectivity index (χ0) is 52.4. The van der Waals surface area contributed by atoms with Crippen LogP contribution >= 0.6 is 17.0 Å². The van der Waals surface area contributed by atoms with Crippen LogP contribution in [0.2, 0.25) is 0 Å². The van der Waals surface area contributed by atoms with Crippen LogP contribution < -0.4 is 10.4 Å². The summed E-state index contributed by atoms with van der Waals surface area (Å²) in [6, 6.07) is 97.2. The smallest absolute Gasteiger partial charge is 0.0920 e. The van der Waals surface area contributed by atoms with E-state index < -0.39 is 20.8 Å². The number of fused-ring (bicyclic) bond motifs is 5. The third-order valence-corrected chi connectivity index (χ3v) is 15.6. The normalized spacial score (nSPS) is 11.2. The van der Waals surface area contributed by atoms with Crippen molar-refractivity contribution in [3.63, 3.8) is 0 Å². The monoisotopic (exact) mass is 1110 g/mol. The summed E-state index contributed by atoms with van der Waals surface area (Å²) in [6.45, 7) is 9.12. The van der Waals surface area contributed by atoms with E-state index in [1.165, 1.54) is 121 Å². The topological polar surface area (TPSA) is 0 Å². The van der Waals surface area contributed by atoms with Crippen molar-refractivity contribution < 1.29 is 20.8 Å². The van der Waals surface area contributed by atoms with E-state index >= 15 is 0 Å². The molecule has 370 valence electrons. The van der Waals surface area contributed by atoms with Crippen LogP contribution in [0.3, 0.4) is 0 Å². The minimum absolute atomic E-state index is 0.462. The summed E-state index contributed by atoms with van der Waals surface area (Å²) < 4.78 is 0. The van der Waals surface area contributed by atoms with Crippen LogP contribution in [0.25, 0.3) is 99.4 Å². The summed E-state index contributed by atoms with van der Waals surface area (Å²) in [5.41, 5.74) is 21.1. The number of rotatable bonds is 8. The van der Waals surface area contributed by atoms with E-state index in [0.717, 1.165) is 9.52 Å². The summed E-state index contributed by atoms with van der Waals surface area (Å²) in [4.78, 5) is 0. The Morgan fingerprint density at radius 1 is 0.382 bits per heavy atom. The molecule has 0 atom stereocenters. The SMILES string of the molecule is CC(C)c1ccccc1-c1c(-c2ccccc2)ccc2[cH-]c(-c3ccccc3)cc12.CC(C)c1ccccc1-c1c(-c2ccccc2)ccc2[cH-]c(-c3ccccc3)cc12.[Cl][Zr][Cl].[c-]1cccc2c1[Si]c1ccccc1-2. The van der Waals surface area contributed by atoms with Gasteiger partial charge in [-0.15, -0.1) is 74.6 Å². The number of hydrogen-bond donors (Lipinski definition) is 0. The molecule has 0 saturated carbocycles. The second-order valence-electron chi connectivity index (χ2n) is 19.6. The van der Waals surface area contributed by atoms with E-state index in [0.29, 0.717) is 11.8 Å². The van der Waals surface area contributed by atoms with Crippen molar-refractivity contribution in [2.24, 2.45) is 0 Å². The summed E-state index contributed by atoms with van der Waals surface area (Å²) in [6.07, 6.45) is 0. The van der Waals surface area contributed by atoms with Gasteiger partial charge in [-0.1, -0.05) is 256 Å². The van der Waals surface area contributed by atoms with Crippen LogP contribution in [-0.2, 0) is 20.8 Å². The quantitative estimate of drug-likeness (QED) is 0.105. The Labute approximate surface area is 470 Å². The molecule has 4 heteroatoms. The Kier molecular flexibility index (Phi) is 17.2. The van der Waals surface area contributed by atoms with Crippen molar-refractivity contribution in [3.05, 3.63) is 278 Å². The average Bonchev–Trinajstić information content (AvgIpc) is 4.26. The van der Waals surface area contributed by atoms with Gasteiger partial charge in [0.25, 0.3) is 0 Å². The molecule has 0 unspecified atom stereocenters. The Balaban J connectivity index is 0.000000135. The molecule has 1 aliphatic heterocycles. The molecule has 76 heavy (non-hydrogen) atoms. The standard InChI is InChI=1S/2C30H25.C12H7Si.2ClH.Zr/c2*1-21(2)26-15-9-10-16-28(26)30-27(23-13-7-4-8-14-23)18-17-24-19-25(20-29(24)30)22-11-5-3-6-12-22;1-3-7-11-9(5-1)10-6-2-4-8-12(10)13-11;;;/h2*3-21H,1-2H3;1-7H;2*1H;/q3*-1;;;+2/p-2. The van der Waals surface area contributed by atoms with E-state index in [1.54, 1.807) is 0 Å². The molecule has 12 aromatic carbocycles. The van der Waals surface area contributed by atoms with E-state index in [4.69, 9.17) is 17.0 Å². The van der Waals surface area contributed by atoms with Crippen molar-refractivity contribution in [2.75, 3.05) is 0 Å². The van der Waals surface area contributed by atoms with Gasteiger partial charge in [-0.05, 0) is 67.5 Å². The van der Waals surface area contributed by atoms with Gasteiger partial charge in [0.05, 0.1) is 9.52 Å². The first-order chi connectivity index (χ1) is 37.3. The van der Waals surface area contributed by atoms with Gasteiger partial charge >= 0.3 is 37.9 Å². The molecule has 12 aromatic rings. The molecule has 2 radical (unpaired) electrons. The fourth-order valence-corrected chi connectivity index (χ4v) is 11.9. The third-order valence-electron chi connectivity index (χ3n) is 14.2. The molecule has 0 spiro atoms. The predicted molar refractivity (Wildman–Crippen MR) is 327 cm³/mol. The van der Waals surface area contributed by atoms with Gasteiger partial charge in [0.15, 0.2) is 0 Å². The van der Waals surface area contributed by atoms with Gasteiger partial charge < -0.3 is 0 Å². The van der Waals surface area contributed by atoms with Gasteiger partial charge in [0, 0.05) is 0 Å². The zero-order valence-corrected chi connectivity index (χ0v) is 48.2. The molecule has 1 aliphatic rings. The maximum absolute atomic E-state index is 4.93. The second-order valence-corrected chi connectivity index (χ2v) is 24.6. The van der Waals surface area contributed by atoms with Gasteiger partial charge in [-0.3, -0.25) is 0 Å². The van der Waals surface area contributed by atoms with Gasteiger partial charge in [0.1, 0.15) is 0 Å². The first-order valence-electron chi connectivity index (χ1n) is 26.0. The molecule has 0 aromatic heterocycles. The molecule has 0 amide bonds. The number of benzene rings is 10. The van der Waals surface area contributed by atoms with Crippen molar-refractivity contribution in [1.29, 1.82) is 0 Å². The van der Waals surface area contributed by atoms with Crippen molar-refractivity contribution in [2.45, 2.75) is 39.5 Å². The Morgan fingerprint density at radius 2 is 0.750 bits per heavy atom. The van der Waals surface area contributed by atoms with Crippen LogP contribution in [-0.4, -0.2) is 9.52 Å². The van der Waals surface area contributed by atoms with E-state index in [-0.39, 0.29) is 0 Å². The Hall–Kier alpha value is -6.90. The molecule has 0 saturated heterocycles. The molecule has 0 bridgehead atoms. The number of halogens is 2. The van der Waals surface area contributed by atoms with Crippen LogP contribution in [0, 0.1) is 6.07 Å². The summed E-state index contributed by atoms with van der Waals surface area (Å²) >= 11 is -0.826. The van der Waals surface area contributed by atoms with Crippen LogP contribution in [0.5, 0.6) is 0 Å². The van der Waals surface area contributed by atoms with Gasteiger partial charge in [-0.25, -0.2) is 0 Å². The Bertz CT molecular complexity index is 3580. The molecule has 0 N–H and O–H groups in total. The van der Waals surface area contributed by atoms with E-state index in [2.05, 4.69) is 289 Å². The molecule has 13 rings (SSSR count). The third kappa shape index (κ3) is 11.6. The number of hydrogen-bond acceptors (Lipinski definition) is 0. The molecular weight excluding hydrogens is 1060 g/mol. The minimum atomic E-state index is -0.826.